The summed E-state index contributed by atoms with van der Waals surface area (Å²) in [7, 11) is 1.36. The lowest BCUT2D eigenvalue weighted by Crippen LogP contribution is -2.47. The van der Waals surface area contributed by atoms with Crippen LogP contribution in [0.1, 0.15) is 27.2 Å². The molecule has 6 nitrogen and oxygen atoms in total. The molecule has 1 fully saturated rings. The number of amides is 1. The number of halogens is 1. The Morgan fingerprint density at radius 1 is 0.947 bits per heavy atom. The van der Waals surface area contributed by atoms with Gasteiger partial charge in [0.2, 0.25) is 5.91 Å². The maximum Gasteiger partial charge on any atom is 0.350 e. The molecule has 4 heterocycles. The molecule has 2 aliphatic heterocycles. The molecule has 0 spiro atoms. The van der Waals surface area contributed by atoms with Gasteiger partial charge in [-0.1, -0.05) is 12.1 Å². The van der Waals surface area contributed by atoms with Crippen LogP contribution in [0.25, 0.3) is 10.1 Å². The van der Waals surface area contributed by atoms with Crippen molar-refractivity contribution in [1.29, 1.82) is 0 Å². The summed E-state index contributed by atoms with van der Waals surface area (Å²) in [5.41, 5.74) is 4.71. The van der Waals surface area contributed by atoms with E-state index in [4.69, 9.17) is 4.74 Å². The first-order chi connectivity index (χ1) is 18.5. The summed E-state index contributed by atoms with van der Waals surface area (Å²) in [6.07, 6.45) is 1.97. The second kappa shape index (κ2) is 10.5. The molecule has 2 aromatic carbocycles. The summed E-state index contributed by atoms with van der Waals surface area (Å²) in [6, 6.07) is 13.5. The Morgan fingerprint density at radius 2 is 1.76 bits per heavy atom. The molecule has 2 aromatic heterocycles. The Hall–Kier alpha value is -3.27. The van der Waals surface area contributed by atoms with Gasteiger partial charge in [0, 0.05) is 54.9 Å². The fourth-order valence-corrected chi connectivity index (χ4v) is 7.06. The first-order valence-electron chi connectivity index (χ1n) is 12.8. The van der Waals surface area contributed by atoms with E-state index >= 15 is 0 Å². The monoisotopic (exact) mass is 549 g/mol. The molecule has 0 aliphatic carbocycles. The third-order valence-electron chi connectivity index (χ3n) is 7.45. The van der Waals surface area contributed by atoms with Gasteiger partial charge in [0.05, 0.1) is 18.5 Å². The van der Waals surface area contributed by atoms with E-state index in [1.807, 2.05) is 16.8 Å². The van der Waals surface area contributed by atoms with Crippen molar-refractivity contribution in [2.24, 2.45) is 0 Å². The molecule has 9 heteroatoms. The third kappa shape index (κ3) is 4.70. The Morgan fingerprint density at radius 3 is 2.58 bits per heavy atom. The number of aryl methyl sites for hydroxylation is 1. The molecule has 196 valence electrons. The van der Waals surface area contributed by atoms with E-state index in [0.29, 0.717) is 23.4 Å². The molecule has 2 aliphatic rings. The molecule has 0 N–H and O–H groups in total. The van der Waals surface area contributed by atoms with Crippen LogP contribution < -0.4 is 9.80 Å². The molecule has 0 atom stereocenters. The summed E-state index contributed by atoms with van der Waals surface area (Å²) >= 11 is 2.86. The molecule has 6 rings (SSSR count). The summed E-state index contributed by atoms with van der Waals surface area (Å²) < 4.78 is 20.1. The van der Waals surface area contributed by atoms with Crippen LogP contribution in [-0.4, -0.2) is 56.6 Å². The zero-order valence-corrected chi connectivity index (χ0v) is 22.7. The number of rotatable bonds is 6. The minimum absolute atomic E-state index is 0.00796. The van der Waals surface area contributed by atoms with E-state index in [2.05, 4.69) is 34.1 Å². The molecule has 0 bridgehead atoms. The van der Waals surface area contributed by atoms with Crippen LogP contribution in [0.3, 0.4) is 0 Å². The van der Waals surface area contributed by atoms with Crippen molar-refractivity contribution in [3.05, 3.63) is 75.0 Å². The van der Waals surface area contributed by atoms with Crippen molar-refractivity contribution >= 4 is 61.7 Å². The summed E-state index contributed by atoms with van der Waals surface area (Å²) in [4.78, 5) is 32.2. The van der Waals surface area contributed by atoms with Crippen LogP contribution in [0.15, 0.2) is 53.2 Å². The lowest BCUT2D eigenvalue weighted by Gasteiger charge is -2.36. The number of fused-ring (bicyclic) bond motifs is 2. The maximum absolute atomic E-state index is 14.2. The number of carbonyl (C=O) groups is 2. The van der Waals surface area contributed by atoms with E-state index in [0.717, 1.165) is 71.7 Å². The molecule has 1 amide bonds. The zero-order valence-electron chi connectivity index (χ0n) is 21.1. The summed E-state index contributed by atoms with van der Waals surface area (Å²) in [5.74, 6) is -0.618. The first kappa shape index (κ1) is 25.0. The number of hydrogen-bond acceptors (Lipinski definition) is 7. The first-order valence-corrected chi connectivity index (χ1v) is 14.5. The highest BCUT2D eigenvalue weighted by Crippen LogP contribution is 2.39. The van der Waals surface area contributed by atoms with Crippen LogP contribution in [0.2, 0.25) is 0 Å². The molecular formula is C29H28FN3O3S2. The van der Waals surface area contributed by atoms with E-state index < -0.39 is 5.97 Å². The lowest BCUT2D eigenvalue weighted by atomic mass is 9.97. The van der Waals surface area contributed by atoms with Crippen LogP contribution in [0, 0.1) is 5.82 Å². The summed E-state index contributed by atoms with van der Waals surface area (Å²) in [5, 5.41) is 4.96. The van der Waals surface area contributed by atoms with Gasteiger partial charge >= 0.3 is 5.97 Å². The standard InChI is InChI=1S/C29H28FN3O3S2/c1-36-29(35)28-23(8-15-38-28)33-24-16-19(2-3-20(24)4-5-27(33)34)6-9-31-10-12-32(13-11-31)25-17-21(30)18-26-22(25)7-14-37-26/h2-3,7-8,14-18H,4-6,9-13H2,1H3. The van der Waals surface area contributed by atoms with Crippen LogP contribution in [0.4, 0.5) is 21.5 Å². The average molecular weight is 550 g/mol. The van der Waals surface area contributed by atoms with Gasteiger partial charge in [0.25, 0.3) is 0 Å². The number of anilines is 3. The van der Waals surface area contributed by atoms with E-state index in [9.17, 15) is 14.0 Å². The Balaban J connectivity index is 1.14. The van der Waals surface area contributed by atoms with E-state index in [-0.39, 0.29) is 11.7 Å². The Bertz CT molecular complexity index is 1510. The van der Waals surface area contributed by atoms with Crippen LogP contribution >= 0.6 is 22.7 Å². The number of nitrogens with zero attached hydrogens (tertiary/aromatic N) is 3. The van der Waals surface area contributed by atoms with Gasteiger partial charge in [-0.15, -0.1) is 22.7 Å². The number of hydrogen-bond donors (Lipinski definition) is 0. The number of thiophene rings is 2. The number of methoxy groups -OCH3 is 1. The van der Waals surface area contributed by atoms with E-state index in [1.54, 1.807) is 28.4 Å². The highest BCUT2D eigenvalue weighted by Gasteiger charge is 2.30. The molecule has 0 unspecified atom stereocenters. The number of ether oxygens (including phenoxy) is 1. The van der Waals surface area contributed by atoms with Gasteiger partial charge < -0.3 is 9.64 Å². The zero-order chi connectivity index (χ0) is 26.2. The largest absolute Gasteiger partial charge is 0.465 e. The van der Waals surface area contributed by atoms with Crippen molar-refractivity contribution in [2.45, 2.75) is 19.3 Å². The third-order valence-corrected chi connectivity index (χ3v) is 9.20. The van der Waals surface area contributed by atoms with Crippen molar-refractivity contribution in [2.75, 3.05) is 49.6 Å². The smallest absolute Gasteiger partial charge is 0.350 e. The Kier molecular flexibility index (Phi) is 6.90. The fourth-order valence-electron chi connectivity index (χ4n) is 5.44. The molecule has 0 radical (unpaired) electrons. The lowest BCUT2D eigenvalue weighted by molar-refractivity contribution is -0.118. The number of esters is 1. The maximum atomic E-state index is 14.2. The van der Waals surface area contributed by atoms with Gasteiger partial charge in [0.15, 0.2) is 0 Å². The predicted molar refractivity (Wildman–Crippen MR) is 152 cm³/mol. The molecule has 38 heavy (non-hydrogen) atoms. The minimum Gasteiger partial charge on any atom is -0.465 e. The van der Waals surface area contributed by atoms with E-state index in [1.165, 1.54) is 18.4 Å². The van der Waals surface area contributed by atoms with Crippen molar-refractivity contribution < 1.29 is 18.7 Å². The molecule has 1 saturated heterocycles. The number of piperazine rings is 1. The second-order valence-electron chi connectivity index (χ2n) is 9.65. The quantitative estimate of drug-likeness (QED) is 0.282. The Labute approximate surface area is 228 Å². The van der Waals surface area contributed by atoms with Gasteiger partial charge in [-0.3, -0.25) is 14.6 Å². The van der Waals surface area contributed by atoms with Gasteiger partial charge in [0.1, 0.15) is 10.7 Å². The van der Waals surface area contributed by atoms with Crippen molar-refractivity contribution in [3.8, 4) is 0 Å². The average Bonchev–Trinajstić information content (AvgIpc) is 3.61. The fraction of sp³-hybridized carbons (Fsp3) is 0.310. The van der Waals surface area contributed by atoms with Crippen LogP contribution in [-0.2, 0) is 22.4 Å². The normalized spacial score (nSPS) is 16.2. The minimum atomic E-state index is -0.428. The van der Waals surface area contributed by atoms with Crippen molar-refractivity contribution in [1.82, 2.24) is 4.90 Å². The predicted octanol–water partition coefficient (Wildman–Crippen LogP) is 5.86. The topological polar surface area (TPSA) is 53.1 Å². The van der Waals surface area contributed by atoms with Crippen LogP contribution in [0.5, 0.6) is 0 Å². The number of carbonyl (C=O) groups excluding carboxylic acids is 2. The highest BCUT2D eigenvalue weighted by molar-refractivity contribution is 7.17. The second-order valence-corrected chi connectivity index (χ2v) is 11.5. The van der Waals surface area contributed by atoms with Gasteiger partial charge in [-0.2, -0.15) is 0 Å². The molecule has 4 aromatic rings. The number of benzene rings is 2. The van der Waals surface area contributed by atoms with Crippen molar-refractivity contribution in [3.63, 3.8) is 0 Å². The SMILES string of the molecule is COC(=O)c1sccc1N1C(=O)CCc2ccc(CCN3CCN(c4cc(F)cc5sccc45)CC3)cc21. The van der Waals surface area contributed by atoms with Gasteiger partial charge in [-0.05, 0) is 65.1 Å². The highest BCUT2D eigenvalue weighted by atomic mass is 32.1. The summed E-state index contributed by atoms with van der Waals surface area (Å²) in [6.45, 7) is 4.44. The molecular weight excluding hydrogens is 521 g/mol. The van der Waals surface area contributed by atoms with Gasteiger partial charge in [-0.25, -0.2) is 9.18 Å². The molecule has 0 saturated carbocycles.